The summed E-state index contributed by atoms with van der Waals surface area (Å²) in [7, 11) is 0. The van der Waals surface area contributed by atoms with Gasteiger partial charge < -0.3 is 0 Å². The van der Waals surface area contributed by atoms with Gasteiger partial charge in [0.2, 0.25) is 0 Å². The summed E-state index contributed by atoms with van der Waals surface area (Å²) >= 11 is 4.81. The Labute approximate surface area is 138 Å². The highest BCUT2D eigenvalue weighted by Crippen LogP contribution is 2.40. The maximum Gasteiger partial charge on any atom is 0.153 e. The first kappa shape index (κ1) is 14.1. The molecule has 7 heteroatoms. The minimum absolute atomic E-state index is 0.154. The molecule has 4 nitrogen and oxygen atoms in total. The van der Waals surface area contributed by atoms with Gasteiger partial charge in [0.15, 0.2) is 11.6 Å². The fraction of sp³-hybridized carbons (Fsp3) is 0.267. The second-order valence-electron chi connectivity index (χ2n) is 5.29. The lowest BCUT2D eigenvalue weighted by atomic mass is 9.85. The molecule has 0 saturated carbocycles. The number of ketones is 1. The molecule has 3 heterocycles. The van der Waals surface area contributed by atoms with Crippen molar-refractivity contribution in [2.24, 2.45) is 10.9 Å². The number of hydrogen-bond donors (Lipinski definition) is 0. The van der Waals surface area contributed by atoms with Crippen molar-refractivity contribution in [1.82, 2.24) is 9.78 Å². The van der Waals surface area contributed by atoms with Gasteiger partial charge in [-0.05, 0) is 33.6 Å². The van der Waals surface area contributed by atoms with Gasteiger partial charge in [0.1, 0.15) is 5.82 Å². The minimum Gasteiger partial charge on any atom is -0.298 e. The summed E-state index contributed by atoms with van der Waals surface area (Å²) in [6, 6.07) is 6.43. The highest BCUT2D eigenvalue weighted by atomic mass is 79.9. The van der Waals surface area contributed by atoms with Gasteiger partial charge >= 0.3 is 0 Å². The molecule has 1 aromatic carbocycles. The zero-order valence-electron chi connectivity index (χ0n) is 11.4. The van der Waals surface area contributed by atoms with Crippen molar-refractivity contribution in [3.8, 4) is 0 Å². The Balaban J connectivity index is 1.90. The van der Waals surface area contributed by atoms with E-state index in [-0.39, 0.29) is 23.6 Å². The molecule has 22 heavy (non-hydrogen) atoms. The Morgan fingerprint density at radius 1 is 1.32 bits per heavy atom. The van der Waals surface area contributed by atoms with Crippen LogP contribution < -0.4 is 0 Å². The third-order valence-electron chi connectivity index (χ3n) is 3.97. The third-order valence-corrected chi connectivity index (χ3v) is 5.57. The summed E-state index contributed by atoms with van der Waals surface area (Å²) in [6.45, 7) is 0. The lowest BCUT2D eigenvalue weighted by molar-refractivity contribution is -0.119. The van der Waals surface area contributed by atoms with Crippen LogP contribution in [0, 0.1) is 11.7 Å². The van der Waals surface area contributed by atoms with E-state index >= 15 is 0 Å². The number of fused-ring (bicyclic) bond motifs is 2. The van der Waals surface area contributed by atoms with Gasteiger partial charge in [0.25, 0.3) is 0 Å². The number of halogens is 2. The van der Waals surface area contributed by atoms with Gasteiger partial charge in [0.05, 0.1) is 28.4 Å². The van der Waals surface area contributed by atoms with Crippen LogP contribution in [0.2, 0.25) is 0 Å². The number of benzene rings is 1. The Morgan fingerprint density at radius 3 is 3.00 bits per heavy atom. The Morgan fingerprint density at radius 2 is 2.18 bits per heavy atom. The number of aromatic nitrogens is 2. The molecule has 2 unspecified atom stereocenters. The number of thioether (sulfide) groups is 1. The largest absolute Gasteiger partial charge is 0.298 e. The number of nitrogens with zero attached hydrogens (tertiary/aromatic N) is 3. The van der Waals surface area contributed by atoms with E-state index in [0.29, 0.717) is 10.2 Å². The quantitative estimate of drug-likeness (QED) is 0.762. The highest BCUT2D eigenvalue weighted by molar-refractivity contribution is 9.10. The molecule has 0 N–H and O–H groups in total. The van der Waals surface area contributed by atoms with Crippen molar-refractivity contribution in [3.63, 3.8) is 0 Å². The van der Waals surface area contributed by atoms with Crippen molar-refractivity contribution in [3.05, 3.63) is 46.3 Å². The summed E-state index contributed by atoms with van der Waals surface area (Å²) in [5, 5.41) is 4.33. The van der Waals surface area contributed by atoms with E-state index < -0.39 is 0 Å². The highest BCUT2D eigenvalue weighted by Gasteiger charge is 2.41. The molecule has 0 amide bonds. The first-order chi connectivity index (χ1) is 10.6. The normalized spacial score (nSPS) is 23.7. The molecule has 2 aromatic rings. The van der Waals surface area contributed by atoms with Crippen LogP contribution in [0.3, 0.4) is 0 Å². The standard InChI is InChI=1S/C15H11BrFN3OS/c16-9-5-8(1-2-10(9)17)15-14-11(6-22-7-12(14)21)19-13-3-4-18-20(13)15/h1-5,14-15H,6-7H2. The summed E-state index contributed by atoms with van der Waals surface area (Å²) < 4.78 is 15.7. The van der Waals surface area contributed by atoms with E-state index in [9.17, 15) is 9.18 Å². The summed E-state index contributed by atoms with van der Waals surface area (Å²) in [5.41, 5.74) is 1.75. The van der Waals surface area contributed by atoms with Crippen LogP contribution in [0.5, 0.6) is 0 Å². The Hall–Kier alpha value is -1.47. The smallest absolute Gasteiger partial charge is 0.153 e. The van der Waals surface area contributed by atoms with E-state index in [0.717, 1.165) is 22.8 Å². The Kier molecular flexibility index (Phi) is 3.41. The summed E-state index contributed by atoms with van der Waals surface area (Å²) in [6.07, 6.45) is 1.68. The lowest BCUT2D eigenvalue weighted by Crippen LogP contribution is -2.41. The number of rotatable bonds is 1. The number of Topliss-reactive ketones (excluding diaryl/α,β-unsaturated/α-hetero) is 1. The zero-order valence-corrected chi connectivity index (χ0v) is 13.8. The summed E-state index contributed by atoms with van der Waals surface area (Å²) in [5.74, 6) is 1.50. The predicted molar refractivity (Wildman–Crippen MR) is 87.4 cm³/mol. The van der Waals surface area contributed by atoms with Crippen molar-refractivity contribution in [2.45, 2.75) is 6.04 Å². The van der Waals surface area contributed by atoms with Crippen molar-refractivity contribution < 1.29 is 9.18 Å². The molecule has 0 spiro atoms. The van der Waals surface area contributed by atoms with Gasteiger partial charge in [-0.15, -0.1) is 11.8 Å². The predicted octanol–water partition coefficient (Wildman–Crippen LogP) is 3.39. The molecular formula is C15H11BrFN3OS. The maximum absolute atomic E-state index is 13.5. The van der Waals surface area contributed by atoms with E-state index in [4.69, 9.17) is 0 Å². The topological polar surface area (TPSA) is 47.2 Å². The van der Waals surface area contributed by atoms with Crippen LogP contribution >= 0.6 is 27.7 Å². The minimum atomic E-state index is -0.320. The van der Waals surface area contributed by atoms with Crippen molar-refractivity contribution >= 4 is 45.0 Å². The van der Waals surface area contributed by atoms with Crippen LogP contribution in [0.4, 0.5) is 10.2 Å². The molecule has 0 aliphatic carbocycles. The number of aliphatic imine (C=N–C) groups is 1. The number of carbonyl (C=O) groups is 1. The summed E-state index contributed by atoms with van der Waals surface area (Å²) in [4.78, 5) is 17.1. The van der Waals surface area contributed by atoms with E-state index in [1.54, 1.807) is 34.8 Å². The van der Waals surface area contributed by atoms with Gasteiger partial charge in [-0.25, -0.2) is 14.1 Å². The van der Waals surface area contributed by atoms with Gasteiger partial charge in [-0.3, -0.25) is 4.79 Å². The average Bonchev–Trinajstić information content (AvgIpc) is 2.96. The molecule has 1 aromatic heterocycles. The van der Waals surface area contributed by atoms with Gasteiger partial charge in [0, 0.05) is 17.5 Å². The average molecular weight is 380 g/mol. The molecule has 112 valence electrons. The van der Waals surface area contributed by atoms with Crippen LogP contribution in [0.1, 0.15) is 11.6 Å². The van der Waals surface area contributed by atoms with E-state index in [1.165, 1.54) is 6.07 Å². The van der Waals surface area contributed by atoms with Gasteiger partial charge in [-0.2, -0.15) is 5.10 Å². The lowest BCUT2D eigenvalue weighted by Gasteiger charge is -2.34. The van der Waals surface area contributed by atoms with Crippen LogP contribution in [0.25, 0.3) is 0 Å². The fourth-order valence-electron chi connectivity index (χ4n) is 3.01. The molecule has 1 fully saturated rings. The first-order valence-electron chi connectivity index (χ1n) is 6.81. The maximum atomic E-state index is 13.5. The molecule has 1 saturated heterocycles. The number of hydrogen-bond acceptors (Lipinski definition) is 4. The van der Waals surface area contributed by atoms with Crippen molar-refractivity contribution in [2.75, 3.05) is 11.5 Å². The van der Waals surface area contributed by atoms with Crippen LogP contribution in [-0.4, -0.2) is 32.8 Å². The van der Waals surface area contributed by atoms with E-state index in [1.807, 2.05) is 6.07 Å². The molecule has 2 aliphatic rings. The molecular weight excluding hydrogens is 369 g/mol. The zero-order chi connectivity index (χ0) is 15.3. The van der Waals surface area contributed by atoms with Crippen molar-refractivity contribution in [1.29, 1.82) is 0 Å². The van der Waals surface area contributed by atoms with Crippen LogP contribution in [0.15, 0.2) is 39.9 Å². The monoisotopic (exact) mass is 379 g/mol. The fourth-order valence-corrected chi connectivity index (χ4v) is 4.34. The van der Waals surface area contributed by atoms with Gasteiger partial charge in [-0.1, -0.05) is 6.07 Å². The van der Waals surface area contributed by atoms with Crippen LogP contribution in [-0.2, 0) is 4.79 Å². The van der Waals surface area contributed by atoms with E-state index in [2.05, 4.69) is 26.0 Å². The second-order valence-corrected chi connectivity index (χ2v) is 7.13. The molecule has 2 aliphatic heterocycles. The Bertz CT molecular complexity index is 804. The molecule has 2 atom stereocenters. The second kappa shape index (κ2) is 5.31. The molecule has 0 radical (unpaired) electrons. The number of carbonyl (C=O) groups excluding carboxylic acids is 1. The SMILES string of the molecule is O=C1CSCC2=Nc3ccnn3C(c3ccc(F)c(Br)c3)C12. The molecule has 4 rings (SSSR count). The third kappa shape index (κ3) is 2.14. The first-order valence-corrected chi connectivity index (χ1v) is 8.76. The molecule has 0 bridgehead atoms.